The Morgan fingerprint density at radius 2 is 2.06 bits per heavy atom. The Bertz CT molecular complexity index is 213. The fourth-order valence-corrected chi connectivity index (χ4v) is 4.53. The molecule has 1 rings (SSSR count). The van der Waals surface area contributed by atoms with E-state index in [1.807, 2.05) is 0 Å². The second-order valence-electron chi connectivity index (χ2n) is 6.55. The summed E-state index contributed by atoms with van der Waals surface area (Å²) >= 11 is 2.21. The summed E-state index contributed by atoms with van der Waals surface area (Å²) in [6.07, 6.45) is 5.39. The minimum Gasteiger partial charge on any atom is -0.312 e. The maximum absolute atomic E-state index is 3.79. The van der Waals surface area contributed by atoms with Crippen LogP contribution in [0, 0.1) is 11.3 Å². The lowest BCUT2D eigenvalue weighted by molar-refractivity contribution is 0.287. The fraction of sp³-hybridized carbons (Fsp3) is 1.00. The molecule has 2 atom stereocenters. The summed E-state index contributed by atoms with van der Waals surface area (Å²) in [6.45, 7) is 13.0. The number of nitrogens with one attached hydrogen (secondary N) is 1. The lowest BCUT2D eigenvalue weighted by Crippen LogP contribution is -2.43. The van der Waals surface area contributed by atoms with E-state index in [-0.39, 0.29) is 0 Å². The van der Waals surface area contributed by atoms with Gasteiger partial charge in [0.05, 0.1) is 0 Å². The third kappa shape index (κ3) is 4.82. The first-order valence-corrected chi connectivity index (χ1v) is 8.37. The van der Waals surface area contributed by atoms with Crippen molar-refractivity contribution in [1.82, 2.24) is 5.32 Å². The minimum absolute atomic E-state index is 0.491. The molecule has 1 aliphatic carbocycles. The normalized spacial score (nSPS) is 27.9. The lowest BCUT2D eigenvalue weighted by Gasteiger charge is -2.31. The van der Waals surface area contributed by atoms with Crippen molar-refractivity contribution in [3.05, 3.63) is 0 Å². The summed E-state index contributed by atoms with van der Waals surface area (Å²) in [5, 5.41) is 4.63. The molecule has 0 saturated heterocycles. The lowest BCUT2D eigenvalue weighted by atomic mass is 9.87. The summed E-state index contributed by atoms with van der Waals surface area (Å²) in [7, 11) is 0. The van der Waals surface area contributed by atoms with Crippen LogP contribution in [0.2, 0.25) is 0 Å². The molecule has 0 bridgehead atoms. The first-order chi connectivity index (χ1) is 7.97. The van der Waals surface area contributed by atoms with E-state index in [1.54, 1.807) is 0 Å². The van der Waals surface area contributed by atoms with Gasteiger partial charge in [0.2, 0.25) is 0 Å². The van der Waals surface area contributed by atoms with Crippen molar-refractivity contribution in [3.63, 3.8) is 0 Å². The molecule has 1 aliphatic rings. The van der Waals surface area contributed by atoms with E-state index < -0.39 is 0 Å². The maximum Gasteiger partial charge on any atom is 0.0237 e. The summed E-state index contributed by atoms with van der Waals surface area (Å²) in [5.41, 5.74) is 0.491. The van der Waals surface area contributed by atoms with Gasteiger partial charge in [-0.2, -0.15) is 11.8 Å². The van der Waals surface area contributed by atoms with Gasteiger partial charge in [0, 0.05) is 11.3 Å². The zero-order chi connectivity index (χ0) is 12.9. The van der Waals surface area contributed by atoms with Crippen molar-refractivity contribution in [2.45, 2.75) is 71.6 Å². The number of rotatable bonds is 7. The number of thioether (sulfide) groups is 1. The highest BCUT2D eigenvalue weighted by Gasteiger charge is 2.41. The summed E-state index contributed by atoms with van der Waals surface area (Å²) < 4.78 is 0. The molecule has 2 heteroatoms. The highest BCUT2D eigenvalue weighted by Crippen LogP contribution is 2.43. The van der Waals surface area contributed by atoms with Crippen molar-refractivity contribution in [3.8, 4) is 0 Å². The highest BCUT2D eigenvalue weighted by atomic mass is 32.2. The Balaban J connectivity index is 2.41. The highest BCUT2D eigenvalue weighted by molar-refractivity contribution is 7.99. The molecule has 0 aromatic carbocycles. The average Bonchev–Trinajstić information content (AvgIpc) is 2.51. The molecule has 0 aromatic rings. The molecule has 0 heterocycles. The van der Waals surface area contributed by atoms with Gasteiger partial charge < -0.3 is 5.32 Å². The van der Waals surface area contributed by atoms with Crippen LogP contribution in [0.4, 0.5) is 0 Å². The van der Waals surface area contributed by atoms with Crippen molar-refractivity contribution < 1.29 is 0 Å². The molecule has 0 amide bonds. The first-order valence-electron chi connectivity index (χ1n) is 7.32. The molecular formula is C15H31NS. The molecule has 0 aromatic heterocycles. The molecule has 102 valence electrons. The third-order valence-electron chi connectivity index (χ3n) is 3.93. The monoisotopic (exact) mass is 257 g/mol. The topological polar surface area (TPSA) is 12.0 Å². The van der Waals surface area contributed by atoms with Gasteiger partial charge in [-0.15, -0.1) is 0 Å². The zero-order valence-corrected chi connectivity index (χ0v) is 13.2. The SMILES string of the molecule is CCCNC1C(SCCC(C)C)CCC1(C)C. The van der Waals surface area contributed by atoms with Crippen molar-refractivity contribution in [2.75, 3.05) is 12.3 Å². The van der Waals surface area contributed by atoms with Gasteiger partial charge >= 0.3 is 0 Å². The van der Waals surface area contributed by atoms with Crippen LogP contribution < -0.4 is 5.32 Å². The van der Waals surface area contributed by atoms with Gasteiger partial charge in [0.1, 0.15) is 0 Å². The minimum atomic E-state index is 0.491. The summed E-state index contributed by atoms with van der Waals surface area (Å²) in [4.78, 5) is 0. The first kappa shape index (κ1) is 15.4. The predicted molar refractivity (Wildman–Crippen MR) is 80.8 cm³/mol. The van der Waals surface area contributed by atoms with Crippen LogP contribution in [-0.2, 0) is 0 Å². The standard InChI is InChI=1S/C15H31NS/c1-6-10-16-14-13(7-9-15(14,4)5)17-11-8-12(2)3/h12-14,16H,6-11H2,1-5H3. The molecule has 17 heavy (non-hydrogen) atoms. The van der Waals surface area contributed by atoms with Gasteiger partial charge in [-0.3, -0.25) is 0 Å². The van der Waals surface area contributed by atoms with Crippen LogP contribution in [0.3, 0.4) is 0 Å². The van der Waals surface area contributed by atoms with E-state index in [2.05, 4.69) is 51.7 Å². The molecule has 1 saturated carbocycles. The molecular weight excluding hydrogens is 226 g/mol. The van der Waals surface area contributed by atoms with Crippen LogP contribution in [0.25, 0.3) is 0 Å². The molecule has 0 spiro atoms. The van der Waals surface area contributed by atoms with Crippen LogP contribution in [0.15, 0.2) is 0 Å². The molecule has 1 N–H and O–H groups in total. The Morgan fingerprint density at radius 3 is 2.65 bits per heavy atom. The second-order valence-corrected chi connectivity index (χ2v) is 7.90. The van der Waals surface area contributed by atoms with Crippen molar-refractivity contribution in [2.24, 2.45) is 11.3 Å². The Kier molecular flexibility index (Phi) is 6.36. The van der Waals surface area contributed by atoms with Crippen molar-refractivity contribution >= 4 is 11.8 Å². The molecule has 2 unspecified atom stereocenters. The third-order valence-corrected chi connectivity index (χ3v) is 5.34. The zero-order valence-electron chi connectivity index (χ0n) is 12.4. The molecule has 1 nitrogen and oxygen atoms in total. The van der Waals surface area contributed by atoms with Gasteiger partial charge in [0.25, 0.3) is 0 Å². The number of hydrogen-bond acceptors (Lipinski definition) is 2. The van der Waals surface area contributed by atoms with Crippen LogP contribution >= 0.6 is 11.8 Å². The summed E-state index contributed by atoms with van der Waals surface area (Å²) in [6, 6.07) is 0.722. The van der Waals surface area contributed by atoms with Gasteiger partial charge in [-0.1, -0.05) is 34.6 Å². The van der Waals surface area contributed by atoms with E-state index in [9.17, 15) is 0 Å². The molecule has 0 aliphatic heterocycles. The van der Waals surface area contributed by atoms with Crippen LogP contribution in [0.1, 0.15) is 60.3 Å². The molecule has 0 radical (unpaired) electrons. The van der Waals surface area contributed by atoms with E-state index >= 15 is 0 Å². The smallest absolute Gasteiger partial charge is 0.0237 e. The van der Waals surface area contributed by atoms with Gasteiger partial charge in [-0.05, 0) is 49.3 Å². The largest absolute Gasteiger partial charge is 0.312 e. The van der Waals surface area contributed by atoms with E-state index in [1.165, 1.54) is 38.0 Å². The second kappa shape index (κ2) is 7.04. The van der Waals surface area contributed by atoms with E-state index in [0.29, 0.717) is 5.41 Å². The molecule has 1 fully saturated rings. The maximum atomic E-state index is 3.79. The average molecular weight is 257 g/mol. The Labute approximate surface area is 113 Å². The quantitative estimate of drug-likeness (QED) is 0.729. The van der Waals surface area contributed by atoms with Crippen LogP contribution in [-0.4, -0.2) is 23.6 Å². The predicted octanol–water partition coefficient (Wildman–Crippen LogP) is 4.32. The van der Waals surface area contributed by atoms with E-state index in [0.717, 1.165) is 17.2 Å². The summed E-state index contributed by atoms with van der Waals surface area (Å²) in [5.74, 6) is 2.18. The Hall–Kier alpha value is 0.310. The van der Waals surface area contributed by atoms with E-state index in [4.69, 9.17) is 0 Å². The Morgan fingerprint density at radius 1 is 1.35 bits per heavy atom. The van der Waals surface area contributed by atoms with Crippen molar-refractivity contribution in [1.29, 1.82) is 0 Å². The fourth-order valence-electron chi connectivity index (χ4n) is 2.68. The van der Waals surface area contributed by atoms with Crippen LogP contribution in [0.5, 0.6) is 0 Å². The number of hydrogen-bond donors (Lipinski definition) is 1. The van der Waals surface area contributed by atoms with Gasteiger partial charge in [0.15, 0.2) is 0 Å². The van der Waals surface area contributed by atoms with Gasteiger partial charge in [-0.25, -0.2) is 0 Å².